The van der Waals surface area contributed by atoms with Crippen molar-refractivity contribution in [3.8, 4) is 0 Å². The number of carbonyl (C=O) groups excluding carboxylic acids is 2. The molecule has 4 heteroatoms. The molecule has 1 rings (SSSR count). The van der Waals surface area contributed by atoms with Gasteiger partial charge in [0.15, 0.2) is 0 Å². The molecule has 0 atom stereocenters. The Morgan fingerprint density at radius 3 is 2.14 bits per heavy atom. The fraction of sp³-hybridized carbons (Fsp3) is 0.882. The van der Waals surface area contributed by atoms with Crippen LogP contribution in [0.15, 0.2) is 0 Å². The zero-order valence-corrected chi connectivity index (χ0v) is 14.6. The van der Waals surface area contributed by atoms with E-state index in [2.05, 4.69) is 19.2 Å². The first-order valence-electron chi connectivity index (χ1n) is 8.20. The Labute approximate surface area is 129 Å². The van der Waals surface area contributed by atoms with Crippen molar-refractivity contribution in [1.82, 2.24) is 10.2 Å². The molecule has 122 valence electrons. The predicted molar refractivity (Wildman–Crippen MR) is 85.9 cm³/mol. The molecule has 0 radical (unpaired) electrons. The van der Waals surface area contributed by atoms with E-state index in [9.17, 15) is 9.59 Å². The van der Waals surface area contributed by atoms with Crippen LogP contribution in [-0.4, -0.2) is 35.3 Å². The van der Waals surface area contributed by atoms with Gasteiger partial charge in [0, 0.05) is 17.5 Å². The predicted octanol–water partition coefficient (Wildman–Crippen LogP) is 2.97. The first kappa shape index (κ1) is 18.0. The molecule has 0 saturated heterocycles. The van der Waals surface area contributed by atoms with Crippen LogP contribution in [0.4, 0.5) is 0 Å². The quantitative estimate of drug-likeness (QED) is 0.819. The lowest BCUT2D eigenvalue weighted by Crippen LogP contribution is -2.53. The van der Waals surface area contributed by atoms with Crippen LogP contribution in [0, 0.1) is 11.3 Å². The number of nitrogens with zero attached hydrogens (tertiary/aromatic N) is 1. The van der Waals surface area contributed by atoms with Gasteiger partial charge in [0.05, 0.1) is 6.54 Å². The van der Waals surface area contributed by atoms with Crippen LogP contribution in [-0.2, 0) is 9.59 Å². The molecule has 1 aliphatic carbocycles. The minimum Gasteiger partial charge on any atom is -0.350 e. The molecule has 0 bridgehead atoms. The van der Waals surface area contributed by atoms with Gasteiger partial charge in [-0.05, 0) is 52.9 Å². The second kappa shape index (κ2) is 6.80. The Morgan fingerprint density at radius 2 is 1.81 bits per heavy atom. The lowest BCUT2D eigenvalue weighted by Gasteiger charge is -2.44. The normalized spacial score (nSPS) is 17.3. The van der Waals surface area contributed by atoms with E-state index in [-0.39, 0.29) is 29.3 Å². The second-order valence-electron chi connectivity index (χ2n) is 7.85. The number of rotatable bonds is 6. The lowest BCUT2D eigenvalue weighted by atomic mass is 9.63. The maximum Gasteiger partial charge on any atom is 0.240 e. The monoisotopic (exact) mass is 296 g/mol. The van der Waals surface area contributed by atoms with Crippen molar-refractivity contribution in [2.75, 3.05) is 13.1 Å². The summed E-state index contributed by atoms with van der Waals surface area (Å²) in [6.07, 6.45) is 4.01. The van der Waals surface area contributed by atoms with Crippen LogP contribution in [0.25, 0.3) is 0 Å². The van der Waals surface area contributed by atoms with Crippen LogP contribution in [0.3, 0.4) is 0 Å². The molecular weight excluding hydrogens is 264 g/mol. The number of likely N-dealkylation sites (N-methyl/N-ethyl adjacent to an activating group) is 1. The molecule has 0 aliphatic heterocycles. The van der Waals surface area contributed by atoms with E-state index in [0.717, 1.165) is 25.7 Å². The summed E-state index contributed by atoms with van der Waals surface area (Å²) in [6.45, 7) is 12.9. The number of hydrogen-bond donors (Lipinski definition) is 1. The first-order chi connectivity index (χ1) is 9.59. The zero-order valence-electron chi connectivity index (χ0n) is 14.6. The van der Waals surface area contributed by atoms with E-state index in [0.29, 0.717) is 12.5 Å². The maximum absolute atomic E-state index is 12.9. The van der Waals surface area contributed by atoms with Crippen molar-refractivity contribution in [3.05, 3.63) is 0 Å². The number of amides is 2. The van der Waals surface area contributed by atoms with Crippen molar-refractivity contribution < 1.29 is 9.59 Å². The second-order valence-corrected chi connectivity index (χ2v) is 7.85. The smallest absolute Gasteiger partial charge is 0.240 e. The standard InChI is InChI=1S/C17H32N2O2/c1-7-19(12-14(20)18-16(4,5)6)15(21)17(9-8-10-17)11-13(2)3/h13H,7-12H2,1-6H3,(H,18,20). The number of nitrogens with one attached hydrogen (secondary N) is 1. The number of hydrogen-bond acceptors (Lipinski definition) is 2. The SMILES string of the molecule is CCN(CC(=O)NC(C)(C)C)C(=O)C1(CC(C)C)CCC1. The van der Waals surface area contributed by atoms with Crippen molar-refractivity contribution >= 4 is 11.8 Å². The Morgan fingerprint density at radius 1 is 1.24 bits per heavy atom. The van der Waals surface area contributed by atoms with Crippen molar-refractivity contribution in [2.45, 2.75) is 72.8 Å². The third-order valence-corrected chi connectivity index (χ3v) is 4.08. The van der Waals surface area contributed by atoms with Gasteiger partial charge in [-0.1, -0.05) is 20.3 Å². The third-order valence-electron chi connectivity index (χ3n) is 4.08. The van der Waals surface area contributed by atoms with Crippen LogP contribution < -0.4 is 5.32 Å². The third kappa shape index (κ3) is 5.01. The van der Waals surface area contributed by atoms with E-state index < -0.39 is 0 Å². The van der Waals surface area contributed by atoms with Gasteiger partial charge in [0.25, 0.3) is 0 Å². The first-order valence-corrected chi connectivity index (χ1v) is 8.20. The highest BCUT2D eigenvalue weighted by Gasteiger charge is 2.46. The Hall–Kier alpha value is -1.06. The largest absolute Gasteiger partial charge is 0.350 e. The molecule has 0 aromatic heterocycles. The minimum atomic E-state index is -0.258. The fourth-order valence-corrected chi connectivity index (χ4v) is 3.18. The van der Waals surface area contributed by atoms with Crippen molar-refractivity contribution in [2.24, 2.45) is 11.3 Å². The fourth-order valence-electron chi connectivity index (χ4n) is 3.18. The van der Waals surface area contributed by atoms with E-state index in [1.165, 1.54) is 0 Å². The number of carbonyl (C=O) groups is 2. The average Bonchev–Trinajstić information content (AvgIpc) is 2.27. The molecule has 1 N–H and O–H groups in total. The van der Waals surface area contributed by atoms with E-state index in [4.69, 9.17) is 0 Å². The molecule has 0 unspecified atom stereocenters. The van der Waals surface area contributed by atoms with Gasteiger partial charge in [-0.25, -0.2) is 0 Å². The van der Waals surface area contributed by atoms with Crippen molar-refractivity contribution in [1.29, 1.82) is 0 Å². The maximum atomic E-state index is 12.9. The molecule has 0 heterocycles. The van der Waals surface area contributed by atoms with E-state index >= 15 is 0 Å². The van der Waals surface area contributed by atoms with Crippen molar-refractivity contribution in [3.63, 3.8) is 0 Å². The van der Waals surface area contributed by atoms with Gasteiger partial charge >= 0.3 is 0 Å². The molecule has 21 heavy (non-hydrogen) atoms. The van der Waals surface area contributed by atoms with E-state index in [1.54, 1.807) is 4.90 Å². The minimum absolute atomic E-state index is 0.0725. The molecule has 0 spiro atoms. The Kier molecular flexibility index (Phi) is 5.83. The van der Waals surface area contributed by atoms with Gasteiger partial charge in [-0.15, -0.1) is 0 Å². The van der Waals surface area contributed by atoms with Crippen LogP contribution in [0.2, 0.25) is 0 Å². The highest BCUT2D eigenvalue weighted by molar-refractivity contribution is 5.88. The van der Waals surface area contributed by atoms with E-state index in [1.807, 2.05) is 27.7 Å². The molecule has 2 amide bonds. The highest BCUT2D eigenvalue weighted by Crippen LogP contribution is 2.47. The zero-order chi connectivity index (χ0) is 16.3. The average molecular weight is 296 g/mol. The van der Waals surface area contributed by atoms with Crippen LogP contribution >= 0.6 is 0 Å². The molecule has 0 aromatic rings. The molecule has 1 fully saturated rings. The summed E-state index contributed by atoms with van der Waals surface area (Å²) < 4.78 is 0. The van der Waals surface area contributed by atoms with Crippen LogP contribution in [0.5, 0.6) is 0 Å². The summed E-state index contributed by atoms with van der Waals surface area (Å²) in [5.41, 5.74) is -0.460. The summed E-state index contributed by atoms with van der Waals surface area (Å²) >= 11 is 0. The lowest BCUT2D eigenvalue weighted by molar-refractivity contribution is -0.151. The molecule has 1 aliphatic rings. The summed E-state index contributed by atoms with van der Waals surface area (Å²) in [7, 11) is 0. The molecule has 1 saturated carbocycles. The van der Waals surface area contributed by atoms with Gasteiger partial charge in [-0.3, -0.25) is 9.59 Å². The van der Waals surface area contributed by atoms with Gasteiger partial charge in [0.1, 0.15) is 0 Å². The van der Waals surface area contributed by atoms with Gasteiger partial charge in [0.2, 0.25) is 11.8 Å². The summed E-state index contributed by atoms with van der Waals surface area (Å²) in [5, 5.41) is 2.93. The van der Waals surface area contributed by atoms with Gasteiger partial charge in [-0.2, -0.15) is 0 Å². The van der Waals surface area contributed by atoms with Crippen LogP contribution in [0.1, 0.15) is 67.2 Å². The summed E-state index contributed by atoms with van der Waals surface area (Å²) in [5.74, 6) is 0.613. The Bertz CT molecular complexity index is 379. The molecule has 4 nitrogen and oxygen atoms in total. The van der Waals surface area contributed by atoms with Gasteiger partial charge < -0.3 is 10.2 Å². The summed E-state index contributed by atoms with van der Waals surface area (Å²) in [4.78, 5) is 26.7. The topological polar surface area (TPSA) is 49.4 Å². The molecular formula is C17H32N2O2. The summed E-state index contributed by atoms with van der Waals surface area (Å²) in [6, 6.07) is 0. The molecule has 0 aromatic carbocycles. The highest BCUT2D eigenvalue weighted by atomic mass is 16.2. The Balaban J connectivity index is 2.70.